The number of likely N-dealkylation sites (N-methyl/N-ethyl adjacent to an activating group) is 1. The minimum atomic E-state index is -3.55. The van der Waals surface area contributed by atoms with Crippen LogP contribution in [0.5, 0.6) is 0 Å². The van der Waals surface area contributed by atoms with Crippen molar-refractivity contribution in [1.29, 1.82) is 0 Å². The predicted molar refractivity (Wildman–Crippen MR) is 86.9 cm³/mol. The normalized spacial score (nSPS) is 11.7. The molecule has 0 saturated heterocycles. The fraction of sp³-hybridized carbons (Fsp3) is 0.357. The number of benzene rings is 1. The van der Waals surface area contributed by atoms with Crippen LogP contribution in [0.2, 0.25) is 0 Å². The van der Waals surface area contributed by atoms with Gasteiger partial charge in [-0.2, -0.15) is 0 Å². The Morgan fingerprint density at radius 3 is 2.73 bits per heavy atom. The van der Waals surface area contributed by atoms with Crippen LogP contribution in [0.15, 0.2) is 29.2 Å². The highest BCUT2D eigenvalue weighted by molar-refractivity contribution is 7.89. The molecule has 0 amide bonds. The Labute approximate surface area is 133 Å². The van der Waals surface area contributed by atoms with Crippen molar-refractivity contribution in [2.75, 3.05) is 26.7 Å². The first-order chi connectivity index (χ1) is 10.5. The lowest BCUT2D eigenvalue weighted by atomic mass is 10.2. The van der Waals surface area contributed by atoms with E-state index in [-0.39, 0.29) is 10.9 Å². The molecule has 2 rings (SSSR count). The molecule has 0 saturated carbocycles. The highest BCUT2D eigenvalue weighted by Gasteiger charge is 2.16. The summed E-state index contributed by atoms with van der Waals surface area (Å²) in [6.45, 7) is 2.91. The van der Waals surface area contributed by atoms with Gasteiger partial charge in [0.15, 0.2) is 0 Å². The van der Waals surface area contributed by atoms with Gasteiger partial charge in [-0.1, -0.05) is 0 Å². The van der Waals surface area contributed by atoms with Gasteiger partial charge in [0.2, 0.25) is 10.0 Å². The van der Waals surface area contributed by atoms with Gasteiger partial charge < -0.3 is 10.1 Å². The van der Waals surface area contributed by atoms with E-state index in [0.717, 1.165) is 4.70 Å². The molecule has 0 atom stereocenters. The molecule has 1 heterocycles. The maximum Gasteiger partial charge on any atom is 0.348 e. The molecule has 8 heteroatoms. The minimum Gasteiger partial charge on any atom is -0.462 e. The molecule has 22 heavy (non-hydrogen) atoms. The van der Waals surface area contributed by atoms with Gasteiger partial charge in [-0.15, -0.1) is 11.3 Å². The molecule has 2 aromatic rings. The number of rotatable bonds is 7. The van der Waals surface area contributed by atoms with Crippen LogP contribution < -0.4 is 10.0 Å². The van der Waals surface area contributed by atoms with Crippen molar-refractivity contribution < 1.29 is 17.9 Å². The van der Waals surface area contributed by atoms with Crippen LogP contribution in [-0.2, 0) is 14.8 Å². The number of hydrogen-bond donors (Lipinski definition) is 2. The van der Waals surface area contributed by atoms with E-state index in [9.17, 15) is 13.2 Å². The van der Waals surface area contributed by atoms with Crippen molar-refractivity contribution in [3.8, 4) is 0 Å². The number of esters is 1. The molecule has 0 aliphatic heterocycles. The van der Waals surface area contributed by atoms with Gasteiger partial charge in [0.05, 0.1) is 11.5 Å². The topological polar surface area (TPSA) is 84.5 Å². The molecular formula is C14H18N2O4S2. The average molecular weight is 342 g/mol. The molecule has 1 aromatic heterocycles. The first kappa shape index (κ1) is 16.9. The lowest BCUT2D eigenvalue weighted by Gasteiger charge is -2.06. The summed E-state index contributed by atoms with van der Waals surface area (Å²) in [5.41, 5.74) is 0. The van der Waals surface area contributed by atoms with Crippen molar-refractivity contribution in [1.82, 2.24) is 10.0 Å². The van der Waals surface area contributed by atoms with Crippen LogP contribution in [0.25, 0.3) is 10.1 Å². The largest absolute Gasteiger partial charge is 0.462 e. The van der Waals surface area contributed by atoms with Crippen LogP contribution in [0, 0.1) is 0 Å². The average Bonchev–Trinajstić information content (AvgIpc) is 2.90. The number of hydrogen-bond acceptors (Lipinski definition) is 6. The van der Waals surface area contributed by atoms with E-state index in [0.29, 0.717) is 30.0 Å². The Hall–Kier alpha value is -1.48. The highest BCUT2D eigenvalue weighted by atomic mass is 32.2. The van der Waals surface area contributed by atoms with Crippen molar-refractivity contribution in [2.45, 2.75) is 11.8 Å². The number of fused-ring (bicyclic) bond motifs is 1. The molecular weight excluding hydrogens is 324 g/mol. The van der Waals surface area contributed by atoms with Crippen LogP contribution in [0.4, 0.5) is 0 Å². The fourth-order valence-corrected chi connectivity index (χ4v) is 3.89. The molecule has 0 fully saturated rings. The summed E-state index contributed by atoms with van der Waals surface area (Å²) in [5.74, 6) is -0.389. The van der Waals surface area contributed by atoms with E-state index < -0.39 is 10.0 Å². The van der Waals surface area contributed by atoms with E-state index >= 15 is 0 Å². The van der Waals surface area contributed by atoms with Crippen LogP contribution in [0.3, 0.4) is 0 Å². The summed E-state index contributed by atoms with van der Waals surface area (Å²) in [6, 6.07) is 6.46. The summed E-state index contributed by atoms with van der Waals surface area (Å²) in [6.07, 6.45) is 0. The zero-order valence-electron chi connectivity index (χ0n) is 12.4. The van der Waals surface area contributed by atoms with Gasteiger partial charge in [-0.05, 0) is 43.6 Å². The number of carbonyl (C=O) groups excluding carboxylic acids is 1. The summed E-state index contributed by atoms with van der Waals surface area (Å²) in [7, 11) is -1.79. The summed E-state index contributed by atoms with van der Waals surface area (Å²) >= 11 is 1.29. The molecule has 0 radical (unpaired) electrons. The Bertz CT molecular complexity index is 768. The smallest absolute Gasteiger partial charge is 0.348 e. The summed E-state index contributed by atoms with van der Waals surface area (Å²) in [4.78, 5) is 12.4. The summed E-state index contributed by atoms with van der Waals surface area (Å²) in [5, 5.41) is 3.58. The first-order valence-corrected chi connectivity index (χ1v) is 9.13. The lowest BCUT2D eigenvalue weighted by molar-refractivity contribution is 0.0532. The zero-order valence-corrected chi connectivity index (χ0v) is 14.0. The second-order valence-electron chi connectivity index (χ2n) is 4.53. The number of thiophene rings is 1. The molecule has 0 spiro atoms. The molecule has 0 unspecified atom stereocenters. The van der Waals surface area contributed by atoms with Gasteiger partial charge in [0, 0.05) is 17.8 Å². The van der Waals surface area contributed by atoms with Crippen LogP contribution >= 0.6 is 11.3 Å². The number of ether oxygens (including phenoxy) is 1. The SMILES string of the molecule is CCOC(=O)c1cc2cc(S(=O)(=O)NCCNC)ccc2s1. The molecule has 0 bridgehead atoms. The maximum absolute atomic E-state index is 12.2. The van der Waals surface area contributed by atoms with Gasteiger partial charge in [-0.25, -0.2) is 17.9 Å². The maximum atomic E-state index is 12.2. The van der Waals surface area contributed by atoms with E-state index in [2.05, 4.69) is 10.0 Å². The van der Waals surface area contributed by atoms with Crippen molar-refractivity contribution >= 4 is 37.4 Å². The lowest BCUT2D eigenvalue weighted by Crippen LogP contribution is -2.30. The quantitative estimate of drug-likeness (QED) is 0.589. The fourth-order valence-electron chi connectivity index (χ4n) is 1.89. The molecule has 1 aromatic carbocycles. The zero-order chi connectivity index (χ0) is 16.2. The van der Waals surface area contributed by atoms with E-state index in [4.69, 9.17) is 4.74 Å². The summed E-state index contributed by atoms with van der Waals surface area (Å²) < 4.78 is 32.6. The molecule has 0 aliphatic rings. The van der Waals surface area contributed by atoms with Crippen molar-refractivity contribution in [2.24, 2.45) is 0 Å². The van der Waals surface area contributed by atoms with Crippen LogP contribution in [0.1, 0.15) is 16.6 Å². The van der Waals surface area contributed by atoms with Gasteiger partial charge in [0.1, 0.15) is 4.88 Å². The molecule has 0 aliphatic carbocycles. The van der Waals surface area contributed by atoms with Gasteiger partial charge in [-0.3, -0.25) is 0 Å². The number of nitrogens with one attached hydrogen (secondary N) is 2. The van der Waals surface area contributed by atoms with Gasteiger partial charge in [0.25, 0.3) is 0 Å². The standard InChI is InChI=1S/C14H18N2O4S2/c1-3-20-14(17)13-9-10-8-11(4-5-12(10)21-13)22(18,19)16-7-6-15-2/h4-5,8-9,15-16H,3,6-7H2,1-2H3. The van der Waals surface area contributed by atoms with Crippen LogP contribution in [-0.4, -0.2) is 41.1 Å². The van der Waals surface area contributed by atoms with Crippen molar-refractivity contribution in [3.63, 3.8) is 0 Å². The van der Waals surface area contributed by atoms with E-state index in [1.54, 1.807) is 32.2 Å². The second-order valence-corrected chi connectivity index (χ2v) is 7.38. The molecule has 6 nitrogen and oxygen atoms in total. The number of carbonyl (C=O) groups is 1. The second kappa shape index (κ2) is 7.19. The van der Waals surface area contributed by atoms with Gasteiger partial charge >= 0.3 is 5.97 Å². The third kappa shape index (κ3) is 3.83. The highest BCUT2D eigenvalue weighted by Crippen LogP contribution is 2.28. The van der Waals surface area contributed by atoms with Crippen molar-refractivity contribution in [3.05, 3.63) is 29.1 Å². The first-order valence-electron chi connectivity index (χ1n) is 6.83. The third-order valence-electron chi connectivity index (χ3n) is 2.94. The molecule has 120 valence electrons. The van der Waals surface area contributed by atoms with E-state index in [1.807, 2.05) is 0 Å². The molecule has 2 N–H and O–H groups in total. The predicted octanol–water partition coefficient (Wildman–Crippen LogP) is 1.58. The Morgan fingerprint density at radius 2 is 2.05 bits per heavy atom. The Balaban J connectivity index is 2.28. The van der Waals surface area contributed by atoms with E-state index in [1.165, 1.54) is 17.4 Å². The minimum absolute atomic E-state index is 0.185. The number of sulfonamides is 1. The third-order valence-corrected chi connectivity index (χ3v) is 5.50. The Kier molecular flexibility index (Phi) is 5.52. The monoisotopic (exact) mass is 342 g/mol. The Morgan fingerprint density at radius 1 is 1.27 bits per heavy atom.